The number of hydrogen-bond donors (Lipinski definition) is 1. The summed E-state index contributed by atoms with van der Waals surface area (Å²) >= 11 is 0. The maximum atomic E-state index is 12.6. The lowest BCUT2D eigenvalue weighted by molar-refractivity contribution is -0.384. The molecule has 4 aromatic rings. The first-order valence-electron chi connectivity index (χ1n) is 9.90. The number of carbonyl (C=O) groups excluding carboxylic acids is 2. The van der Waals surface area contributed by atoms with Crippen LogP contribution in [0.5, 0.6) is 5.75 Å². The lowest BCUT2D eigenvalue weighted by Gasteiger charge is -2.10. The number of fused-ring (bicyclic) bond motifs is 1. The molecule has 0 spiro atoms. The van der Waals surface area contributed by atoms with E-state index in [9.17, 15) is 19.7 Å². The van der Waals surface area contributed by atoms with Crippen molar-refractivity contribution in [2.24, 2.45) is 5.10 Å². The van der Waals surface area contributed by atoms with Crippen molar-refractivity contribution in [3.63, 3.8) is 0 Å². The number of nitrogens with one attached hydrogen (secondary N) is 1. The summed E-state index contributed by atoms with van der Waals surface area (Å²) in [6.07, 6.45) is 1.38. The summed E-state index contributed by atoms with van der Waals surface area (Å²) < 4.78 is 5.61. The minimum absolute atomic E-state index is 0.0926. The molecule has 0 aliphatic rings. The molecule has 8 nitrogen and oxygen atoms in total. The van der Waals surface area contributed by atoms with Gasteiger partial charge in [-0.25, -0.2) is 10.2 Å². The summed E-state index contributed by atoms with van der Waals surface area (Å²) in [5.74, 6) is -0.866. The zero-order valence-electron chi connectivity index (χ0n) is 17.2. The van der Waals surface area contributed by atoms with Crippen molar-refractivity contribution in [1.82, 2.24) is 5.43 Å². The van der Waals surface area contributed by atoms with E-state index < -0.39 is 16.8 Å². The van der Waals surface area contributed by atoms with Gasteiger partial charge < -0.3 is 4.74 Å². The number of nitro groups is 1. The van der Waals surface area contributed by atoms with Crippen molar-refractivity contribution < 1.29 is 19.2 Å². The van der Waals surface area contributed by atoms with Crippen LogP contribution in [0.4, 0.5) is 5.69 Å². The number of carbonyl (C=O) groups is 2. The molecule has 8 heteroatoms. The zero-order chi connectivity index (χ0) is 23.2. The predicted molar refractivity (Wildman–Crippen MR) is 124 cm³/mol. The van der Waals surface area contributed by atoms with E-state index >= 15 is 0 Å². The van der Waals surface area contributed by atoms with Crippen LogP contribution in [0.3, 0.4) is 0 Å². The number of ether oxygens (including phenoxy) is 1. The molecule has 4 aromatic carbocycles. The van der Waals surface area contributed by atoms with Crippen molar-refractivity contribution in [3.8, 4) is 5.75 Å². The van der Waals surface area contributed by atoms with E-state index in [1.165, 1.54) is 24.4 Å². The SMILES string of the molecule is O=C(NN=Cc1c(OC(=O)c2ccccc2)ccc2ccccc12)c1cccc([N+](=O)[O-])c1. The summed E-state index contributed by atoms with van der Waals surface area (Å²) in [4.78, 5) is 35.3. The lowest BCUT2D eigenvalue weighted by atomic mass is 10.0. The summed E-state index contributed by atoms with van der Waals surface area (Å²) in [5.41, 5.74) is 3.15. The number of hydrazone groups is 1. The molecule has 0 saturated carbocycles. The van der Waals surface area contributed by atoms with Gasteiger partial charge in [-0.15, -0.1) is 0 Å². The highest BCUT2D eigenvalue weighted by Crippen LogP contribution is 2.27. The number of nitro benzene ring substituents is 1. The predicted octanol–water partition coefficient (Wildman–Crippen LogP) is 4.73. The van der Waals surface area contributed by atoms with Crippen LogP contribution in [0.1, 0.15) is 26.3 Å². The summed E-state index contributed by atoms with van der Waals surface area (Å²) in [6, 6.07) is 24.8. The number of hydrogen-bond acceptors (Lipinski definition) is 6. The van der Waals surface area contributed by atoms with E-state index in [0.717, 1.165) is 16.8 Å². The largest absolute Gasteiger partial charge is 0.422 e. The van der Waals surface area contributed by atoms with Gasteiger partial charge in [0.05, 0.1) is 16.7 Å². The second-order valence-corrected chi connectivity index (χ2v) is 6.96. The molecule has 1 amide bonds. The number of rotatable bonds is 6. The quantitative estimate of drug-likeness (QED) is 0.153. The van der Waals surface area contributed by atoms with Crippen LogP contribution >= 0.6 is 0 Å². The molecule has 0 saturated heterocycles. The standard InChI is InChI=1S/C25H17N3O5/c29-24(19-10-6-11-20(15-19)28(31)32)27-26-16-22-21-12-5-4-7-17(21)13-14-23(22)33-25(30)18-8-2-1-3-9-18/h1-16H,(H,27,29). The van der Waals surface area contributed by atoms with Crippen LogP contribution in [-0.2, 0) is 0 Å². The Bertz CT molecular complexity index is 1380. The van der Waals surface area contributed by atoms with Gasteiger partial charge in [-0.3, -0.25) is 14.9 Å². The van der Waals surface area contributed by atoms with Crippen LogP contribution in [0.2, 0.25) is 0 Å². The van der Waals surface area contributed by atoms with E-state index in [0.29, 0.717) is 11.1 Å². The van der Waals surface area contributed by atoms with Crippen LogP contribution < -0.4 is 10.2 Å². The molecule has 0 aliphatic heterocycles. The number of benzene rings is 4. The number of amides is 1. The Kier molecular flexibility index (Phi) is 6.17. The number of non-ortho nitro benzene ring substituents is 1. The highest BCUT2D eigenvalue weighted by molar-refractivity contribution is 6.04. The fraction of sp³-hybridized carbons (Fsp3) is 0. The van der Waals surface area contributed by atoms with Gasteiger partial charge in [0.25, 0.3) is 11.6 Å². The maximum absolute atomic E-state index is 12.6. The van der Waals surface area contributed by atoms with Gasteiger partial charge in [0.15, 0.2) is 0 Å². The smallest absolute Gasteiger partial charge is 0.343 e. The van der Waals surface area contributed by atoms with Crippen LogP contribution in [0, 0.1) is 10.1 Å². The Morgan fingerprint density at radius 1 is 0.879 bits per heavy atom. The summed E-state index contributed by atoms with van der Waals surface area (Å²) in [6.45, 7) is 0. The Balaban J connectivity index is 1.62. The molecular weight excluding hydrogens is 422 g/mol. The van der Waals surface area contributed by atoms with Crippen LogP contribution in [0.15, 0.2) is 96.1 Å². The average Bonchev–Trinajstić information content (AvgIpc) is 2.85. The highest BCUT2D eigenvalue weighted by atomic mass is 16.6. The van der Waals surface area contributed by atoms with Gasteiger partial charge in [-0.2, -0.15) is 5.10 Å². The van der Waals surface area contributed by atoms with Crippen molar-refractivity contribution in [3.05, 3.63) is 118 Å². The van der Waals surface area contributed by atoms with Gasteiger partial charge >= 0.3 is 5.97 Å². The van der Waals surface area contributed by atoms with Crippen molar-refractivity contribution in [2.45, 2.75) is 0 Å². The monoisotopic (exact) mass is 439 g/mol. The maximum Gasteiger partial charge on any atom is 0.343 e. The number of esters is 1. The van der Waals surface area contributed by atoms with E-state index in [2.05, 4.69) is 10.5 Å². The van der Waals surface area contributed by atoms with E-state index in [-0.39, 0.29) is 17.0 Å². The Hall–Kier alpha value is -4.85. The van der Waals surface area contributed by atoms with Crippen molar-refractivity contribution >= 4 is 34.6 Å². The van der Waals surface area contributed by atoms with Crippen molar-refractivity contribution in [1.29, 1.82) is 0 Å². The molecule has 0 fully saturated rings. The molecule has 0 heterocycles. The van der Waals surface area contributed by atoms with Crippen molar-refractivity contribution in [2.75, 3.05) is 0 Å². The fourth-order valence-corrected chi connectivity index (χ4v) is 3.21. The molecule has 1 N–H and O–H groups in total. The van der Waals surface area contributed by atoms with Crippen LogP contribution in [-0.4, -0.2) is 23.0 Å². The van der Waals surface area contributed by atoms with Gasteiger partial charge in [0, 0.05) is 23.3 Å². The van der Waals surface area contributed by atoms with E-state index in [1.54, 1.807) is 36.4 Å². The highest BCUT2D eigenvalue weighted by Gasteiger charge is 2.14. The average molecular weight is 439 g/mol. The third-order valence-electron chi connectivity index (χ3n) is 4.82. The third-order valence-corrected chi connectivity index (χ3v) is 4.82. The molecule has 0 bridgehead atoms. The molecule has 0 aromatic heterocycles. The van der Waals surface area contributed by atoms with Gasteiger partial charge in [0.2, 0.25) is 0 Å². The summed E-state index contributed by atoms with van der Waals surface area (Å²) in [7, 11) is 0. The Morgan fingerprint density at radius 2 is 1.61 bits per heavy atom. The first kappa shape index (κ1) is 21.4. The lowest BCUT2D eigenvalue weighted by Crippen LogP contribution is -2.18. The Morgan fingerprint density at radius 3 is 2.39 bits per heavy atom. The zero-order valence-corrected chi connectivity index (χ0v) is 17.2. The molecule has 33 heavy (non-hydrogen) atoms. The topological polar surface area (TPSA) is 111 Å². The van der Waals surface area contributed by atoms with Crippen LogP contribution in [0.25, 0.3) is 10.8 Å². The molecule has 0 aliphatic carbocycles. The second kappa shape index (κ2) is 9.52. The van der Waals surface area contributed by atoms with Gasteiger partial charge in [0.1, 0.15) is 5.75 Å². The minimum Gasteiger partial charge on any atom is -0.422 e. The second-order valence-electron chi connectivity index (χ2n) is 6.96. The van der Waals surface area contributed by atoms with E-state index in [4.69, 9.17) is 4.74 Å². The minimum atomic E-state index is -0.613. The Labute approximate surface area is 188 Å². The summed E-state index contributed by atoms with van der Waals surface area (Å²) in [5, 5.41) is 16.6. The molecule has 4 rings (SSSR count). The van der Waals surface area contributed by atoms with Gasteiger partial charge in [-0.05, 0) is 35.0 Å². The fourth-order valence-electron chi connectivity index (χ4n) is 3.21. The molecule has 162 valence electrons. The molecule has 0 atom stereocenters. The van der Waals surface area contributed by atoms with E-state index in [1.807, 2.05) is 30.3 Å². The molecular formula is C25H17N3O5. The first-order chi connectivity index (χ1) is 16.0. The first-order valence-corrected chi connectivity index (χ1v) is 9.90. The number of nitrogens with zero attached hydrogens (tertiary/aromatic N) is 2. The molecule has 0 unspecified atom stereocenters. The molecule has 0 radical (unpaired) electrons. The van der Waals surface area contributed by atoms with Gasteiger partial charge in [-0.1, -0.05) is 54.6 Å². The normalized spacial score (nSPS) is 10.8. The third kappa shape index (κ3) is 4.91.